The van der Waals surface area contributed by atoms with Gasteiger partial charge in [-0.15, -0.1) is 0 Å². The van der Waals surface area contributed by atoms with Gasteiger partial charge in [-0.2, -0.15) is 0 Å². The first-order valence-corrected chi connectivity index (χ1v) is 52.6. The molecule has 51 nitrogen and oxygen atoms in total. The number of ether oxygens (including phenoxy) is 14. The van der Waals surface area contributed by atoms with E-state index >= 15 is 0 Å². The number of allylic oxidation sites excluding steroid dienone is 1. The first-order valence-electron chi connectivity index (χ1n) is 52.6. The lowest BCUT2D eigenvalue weighted by Gasteiger charge is -2.53. The molecule has 3 unspecified atom stereocenters. The number of rotatable bonds is 69. The van der Waals surface area contributed by atoms with Crippen molar-refractivity contribution in [2.24, 2.45) is 5.92 Å². The van der Waals surface area contributed by atoms with E-state index in [9.17, 15) is 166 Å². The Morgan fingerprint density at radius 2 is 0.738 bits per heavy atom. The second-order valence-corrected chi connectivity index (χ2v) is 40.3. The molecule has 7 fully saturated rings. The summed E-state index contributed by atoms with van der Waals surface area (Å²) in [5.41, 5.74) is 0. The van der Waals surface area contributed by atoms with Crippen LogP contribution < -0.4 is 21.3 Å². The largest absolute Gasteiger partial charge is 0.477 e. The molecule has 7 aliphatic rings. The van der Waals surface area contributed by atoms with E-state index < -0.39 is 369 Å². The van der Waals surface area contributed by atoms with Gasteiger partial charge in [-0.25, -0.2) is 14.4 Å². The molecule has 0 aromatic heterocycles. The van der Waals surface area contributed by atoms with Crippen molar-refractivity contribution in [2.45, 2.75) is 497 Å². The van der Waals surface area contributed by atoms with E-state index in [2.05, 4.69) is 35.1 Å². The number of unbranched alkanes of at least 4 members (excludes halogenated alkanes) is 27. The highest BCUT2D eigenvalue weighted by atomic mass is 16.8. The van der Waals surface area contributed by atoms with Gasteiger partial charge in [0.25, 0.3) is 17.4 Å². The second kappa shape index (κ2) is 64.8. The van der Waals surface area contributed by atoms with Gasteiger partial charge in [-0.05, 0) is 26.2 Å². The highest BCUT2D eigenvalue weighted by Crippen LogP contribution is 2.46. The van der Waals surface area contributed by atoms with E-state index in [-0.39, 0.29) is 6.42 Å². The van der Waals surface area contributed by atoms with Crippen LogP contribution in [0.5, 0.6) is 0 Å². The van der Waals surface area contributed by atoms with Gasteiger partial charge >= 0.3 is 17.9 Å². The average Bonchev–Trinajstić information content (AvgIpc) is 0.740. The normalized spacial score (nSPS) is 35.2. The predicted molar refractivity (Wildman–Crippen MR) is 512 cm³/mol. The minimum atomic E-state index is -3.80. The number of aliphatic hydroxyl groups excluding tert-OH is 22. The molecule has 7 rings (SSSR count). The van der Waals surface area contributed by atoms with Crippen LogP contribution in [0.15, 0.2) is 12.2 Å². The highest BCUT2D eigenvalue weighted by molar-refractivity contribution is 5.79. The minimum absolute atomic E-state index is 0.0493. The summed E-state index contributed by atoms with van der Waals surface area (Å²) in [7, 11) is 0. The van der Waals surface area contributed by atoms with Crippen LogP contribution in [0.25, 0.3) is 0 Å². The van der Waals surface area contributed by atoms with Gasteiger partial charge in [-0.1, -0.05) is 193 Å². The second-order valence-electron chi connectivity index (χ2n) is 40.3. The van der Waals surface area contributed by atoms with Gasteiger partial charge < -0.3 is 220 Å². The van der Waals surface area contributed by atoms with Crippen molar-refractivity contribution in [2.75, 3.05) is 52.9 Å². The molecule has 0 bridgehead atoms. The fourth-order valence-electron chi connectivity index (χ4n) is 20.1. The number of aliphatic hydroxyl groups is 22. The molecule has 7 saturated heterocycles. The Hall–Kier alpha value is -5.74. The van der Waals surface area contributed by atoms with Crippen molar-refractivity contribution in [3.8, 4) is 0 Å². The molecule has 0 aromatic rings. The number of carbonyl (C=O) groups excluding carboxylic acids is 5. The molecular formula is C98H170N4O47. The first kappa shape index (κ1) is 130. The van der Waals surface area contributed by atoms with Crippen molar-refractivity contribution < 1.29 is 232 Å². The van der Waals surface area contributed by atoms with Crippen LogP contribution in [0, 0.1) is 5.92 Å². The number of nitrogens with one attached hydrogen (secondary N) is 4. The monoisotopic (exact) mass is 2160 g/mol. The van der Waals surface area contributed by atoms with Crippen LogP contribution in [-0.2, 0) is 105 Å². The smallest absolute Gasteiger partial charge is 0.364 e. The summed E-state index contributed by atoms with van der Waals surface area (Å²) in [5.74, 6) is -23.8. The third-order valence-corrected chi connectivity index (χ3v) is 28.4. The first-order chi connectivity index (χ1) is 70.9. The fourth-order valence-corrected chi connectivity index (χ4v) is 20.1. The number of carboxylic acids is 3. The zero-order chi connectivity index (χ0) is 110. The molecule has 0 radical (unpaired) electrons. The average molecular weight is 2160 g/mol. The molecule has 51 heteroatoms. The van der Waals surface area contributed by atoms with E-state index in [0.29, 0.717) is 12.8 Å². The number of ketones is 1. The zero-order valence-electron chi connectivity index (χ0n) is 85.9. The molecule has 40 atom stereocenters. The van der Waals surface area contributed by atoms with Crippen LogP contribution in [0.1, 0.15) is 260 Å². The Labute approximate surface area is 865 Å². The molecule has 0 saturated carbocycles. The SMILES string of the molecule is CCCCCCCCCCCCCC=C[C@@H](O)[C@H](CO[C@@H]1O[C@H](CO)[C@@H](O[C@@H]2O[C@H](CO)[C@H](O[C@@H]3O[C@H](CO)[C@H](O)[C@H](O[C@@H]4O[C@H](CO)[C@H](O)[C@H](O[C@]5(C(=O)O)C[C@H](O)[C@@H](NC(C)=O)C([C@H](O)[C@H](O)CO)O5)[C@H]4O)[C@H]3CC(C)=O)[C@H](O[C@]3(C(=O)O)C[C@H](O)[C@@H](NC(C)=O)C([C@H](O)[C@@H](CO)O[C@]4(C(=O)O)C[C@H](O)[C@@H](NC(C)=O)C([C@H](O)[C@H](O)CO)O4)O3)[C@H]2O)[C@H](O)[C@H]1O)NC(=O)CCCCCCCCCCCCCCCCCCC. The number of carbonyl (C=O) groups is 8. The topological polar surface area (TPSA) is 820 Å². The molecule has 7 heterocycles. The Kier molecular flexibility index (Phi) is 56.6. The van der Waals surface area contributed by atoms with E-state index in [1.807, 2.05) is 0 Å². The summed E-state index contributed by atoms with van der Waals surface area (Å²) in [5, 5.41) is 296. The fraction of sp³-hybridized carbons (Fsp3) is 0.898. The Morgan fingerprint density at radius 3 is 1.15 bits per heavy atom. The van der Waals surface area contributed by atoms with Gasteiger partial charge in [0.15, 0.2) is 25.2 Å². The van der Waals surface area contributed by atoms with Gasteiger partial charge in [0.2, 0.25) is 23.6 Å². The molecule has 149 heavy (non-hydrogen) atoms. The zero-order valence-corrected chi connectivity index (χ0v) is 85.9. The number of amides is 4. The third-order valence-electron chi connectivity index (χ3n) is 28.4. The van der Waals surface area contributed by atoms with Crippen molar-refractivity contribution in [1.29, 1.82) is 0 Å². The lowest BCUT2D eigenvalue weighted by molar-refractivity contribution is -0.409. The van der Waals surface area contributed by atoms with Crippen LogP contribution in [0.2, 0.25) is 0 Å². The number of hydrogen-bond donors (Lipinski definition) is 29. The Morgan fingerprint density at radius 1 is 0.383 bits per heavy atom. The number of carboxylic acid groups (broad SMARTS) is 3. The Bertz CT molecular complexity index is 3950. The predicted octanol–water partition coefficient (Wildman–Crippen LogP) is -4.82. The molecule has 29 N–H and O–H groups in total. The van der Waals surface area contributed by atoms with Gasteiger partial charge in [-0.3, -0.25) is 19.2 Å². The van der Waals surface area contributed by atoms with Crippen LogP contribution in [-0.4, -0.2) is 465 Å². The summed E-state index contributed by atoms with van der Waals surface area (Å²) < 4.78 is 85.0. The van der Waals surface area contributed by atoms with Gasteiger partial charge in [0.05, 0.1) is 108 Å². The molecule has 0 aliphatic carbocycles. The van der Waals surface area contributed by atoms with Crippen LogP contribution in [0.3, 0.4) is 0 Å². The highest BCUT2D eigenvalue weighted by Gasteiger charge is 2.66. The maximum absolute atomic E-state index is 14.7. The maximum atomic E-state index is 14.7. The lowest BCUT2D eigenvalue weighted by atomic mass is 9.86. The van der Waals surface area contributed by atoms with E-state index in [1.165, 1.54) is 96.0 Å². The molecule has 0 aromatic carbocycles. The summed E-state index contributed by atoms with van der Waals surface area (Å²) in [4.78, 5) is 108. The molecular weight excluding hydrogens is 1990 g/mol. The number of aliphatic carboxylic acids is 3. The standard InChI is InChI=1S/C98H170N4O47/c1-7-9-11-13-15-17-19-21-22-23-24-26-28-30-32-34-36-38-68(120)102-56(57(114)37-35-33-31-29-27-25-20-18-16-14-12-10-8-2)50-136-90-78(127)77(126)82(66(48-108)139-90)142-92-80(129)88(149-98(95(134)135)42-60(117)71(101-54(6)113)86(147-98)76(125)65(47-107)144-96(93(130)131)40-58(115)69(99-52(4)111)84(145-96)72(121)61(118)43-103)83(67(49-109)140-92)143-89-55(39-51(3)110)81(74(123)63(45-105)137-89)141-91-79(128)87(75(124)64(46-106)138-91)148-97(94(132)133)41-59(116)70(100-53(5)112)85(146-97)73(122)62(119)44-104/h35,37,55-67,69-92,103-109,114-119,121-129H,7-34,36,38-50H2,1-6H3,(H,99,111)(H,100,112)(H,101,113)(H,102,120)(H,130,131)(H,132,133)(H,134,135)/t55-,56+,57-,58+,59+,60+,61-,62-,63-,64-,65-,66-,67-,69-,70-,71-,72-,73-,74+,75+,76-,77-,78-,79-,80-,81-,82-,83+,84?,85?,86?,87+,88-,89+,90-,91+,92+,96-,97+,98+/m1/s1. The summed E-state index contributed by atoms with van der Waals surface area (Å²) in [6.45, 7) is -2.05. The molecule has 0 spiro atoms. The lowest BCUT2D eigenvalue weighted by Crippen LogP contribution is -2.72. The summed E-state index contributed by atoms with van der Waals surface area (Å²) in [6, 6.07) is -7.08. The number of hydrogen-bond acceptors (Lipinski definition) is 44. The molecule has 864 valence electrons. The molecule has 4 amide bonds. The molecule has 7 aliphatic heterocycles. The quantitative estimate of drug-likeness (QED) is 0.0201. The third kappa shape index (κ3) is 37.2. The van der Waals surface area contributed by atoms with E-state index in [1.54, 1.807) is 6.08 Å². The van der Waals surface area contributed by atoms with E-state index in [0.717, 1.165) is 111 Å². The Balaban J connectivity index is 1.25. The van der Waals surface area contributed by atoms with Crippen molar-refractivity contribution in [3.05, 3.63) is 12.2 Å². The van der Waals surface area contributed by atoms with Gasteiger partial charge in [0.1, 0.15) is 146 Å². The van der Waals surface area contributed by atoms with Crippen LogP contribution in [0.4, 0.5) is 0 Å². The van der Waals surface area contributed by atoms with E-state index in [4.69, 9.17) is 66.3 Å². The maximum Gasteiger partial charge on any atom is 0.364 e. The van der Waals surface area contributed by atoms with Crippen LogP contribution >= 0.6 is 0 Å². The van der Waals surface area contributed by atoms with Crippen molar-refractivity contribution >= 4 is 47.3 Å². The summed E-state index contributed by atoms with van der Waals surface area (Å²) >= 11 is 0. The van der Waals surface area contributed by atoms with Crippen molar-refractivity contribution in [3.63, 3.8) is 0 Å². The minimum Gasteiger partial charge on any atom is -0.477 e. The van der Waals surface area contributed by atoms with Crippen molar-refractivity contribution in [1.82, 2.24) is 21.3 Å². The summed E-state index contributed by atoms with van der Waals surface area (Å²) in [6.07, 6.45) is -45.6. The van der Waals surface area contributed by atoms with Gasteiger partial charge in [0, 0.05) is 58.8 Å². The number of Topliss-reactive ketones (excluding diaryl/α,β-unsaturated/α-hetero) is 1.